The molecule has 27 heavy (non-hydrogen) atoms. The minimum absolute atomic E-state index is 0.245. The molecule has 0 spiro atoms. The zero-order chi connectivity index (χ0) is 18.8. The number of nitrogen functional groups attached to an aromatic ring is 1. The lowest BCUT2D eigenvalue weighted by molar-refractivity contribution is 0.112. The van der Waals surface area contributed by atoms with Gasteiger partial charge in [0.15, 0.2) is 0 Å². The molecule has 1 aromatic rings. The predicted octanol–water partition coefficient (Wildman–Crippen LogP) is 7.31. The molecule has 1 nitrogen and oxygen atoms in total. The molecule has 3 saturated carbocycles. The average Bonchev–Trinajstić information content (AvgIpc) is 2.71. The third kappa shape index (κ3) is 4.51. The van der Waals surface area contributed by atoms with E-state index in [4.69, 9.17) is 5.73 Å². The molecule has 0 amide bonds. The summed E-state index contributed by atoms with van der Waals surface area (Å²) in [7, 11) is 0. The molecule has 3 aliphatic rings. The second-order valence-electron chi connectivity index (χ2n) is 10.1. The van der Waals surface area contributed by atoms with Crippen molar-refractivity contribution in [1.29, 1.82) is 0 Å². The van der Waals surface area contributed by atoms with Gasteiger partial charge in [-0.15, -0.1) is 0 Å². The minimum Gasteiger partial charge on any atom is -0.396 e. The molecule has 0 aliphatic heterocycles. The normalized spacial score (nSPS) is 37.9. The van der Waals surface area contributed by atoms with Crippen molar-refractivity contribution >= 4 is 5.69 Å². The smallest absolute Gasteiger partial charge is 0.146 e. The van der Waals surface area contributed by atoms with Crippen molar-refractivity contribution in [2.45, 2.75) is 89.9 Å². The van der Waals surface area contributed by atoms with E-state index in [2.05, 4.69) is 6.92 Å². The second-order valence-corrected chi connectivity index (χ2v) is 10.1. The molecule has 150 valence electrons. The molecule has 0 bridgehead atoms. The Labute approximate surface area is 165 Å². The van der Waals surface area contributed by atoms with Gasteiger partial charge in [0.1, 0.15) is 5.82 Å². The first-order chi connectivity index (χ1) is 13.1. The number of benzene rings is 1. The lowest BCUT2D eigenvalue weighted by Crippen LogP contribution is -2.29. The summed E-state index contributed by atoms with van der Waals surface area (Å²) in [5, 5.41) is 0. The SMILES string of the molecule is CC1CCC(C2CCC(C3CCC(c4ccc(N)c(F)c4)CC3)CC2)CC1. The fourth-order valence-corrected chi connectivity index (χ4v) is 6.57. The molecule has 3 aliphatic carbocycles. The molecule has 2 N–H and O–H groups in total. The summed E-state index contributed by atoms with van der Waals surface area (Å²) in [6.45, 7) is 2.43. The van der Waals surface area contributed by atoms with Gasteiger partial charge in [-0.05, 0) is 117 Å². The Hall–Kier alpha value is -1.05. The van der Waals surface area contributed by atoms with Crippen LogP contribution in [0.1, 0.15) is 95.5 Å². The summed E-state index contributed by atoms with van der Waals surface area (Å²) in [5.74, 6) is 5.23. The van der Waals surface area contributed by atoms with Gasteiger partial charge in [-0.25, -0.2) is 4.39 Å². The van der Waals surface area contributed by atoms with Gasteiger partial charge >= 0.3 is 0 Å². The van der Waals surface area contributed by atoms with Crippen LogP contribution in [0.15, 0.2) is 18.2 Å². The van der Waals surface area contributed by atoms with Crippen LogP contribution in [-0.2, 0) is 0 Å². The number of hydrogen-bond donors (Lipinski definition) is 1. The molecular formula is C25H38FN. The minimum atomic E-state index is -0.245. The Balaban J connectivity index is 1.24. The highest BCUT2D eigenvalue weighted by molar-refractivity contribution is 5.42. The first-order valence-corrected chi connectivity index (χ1v) is 11.6. The van der Waals surface area contributed by atoms with Gasteiger partial charge in [0.25, 0.3) is 0 Å². The summed E-state index contributed by atoms with van der Waals surface area (Å²) in [4.78, 5) is 0. The fraction of sp³-hybridized carbons (Fsp3) is 0.760. The predicted molar refractivity (Wildman–Crippen MR) is 112 cm³/mol. The molecule has 3 fully saturated rings. The van der Waals surface area contributed by atoms with Crippen molar-refractivity contribution < 1.29 is 4.39 Å². The third-order valence-electron chi connectivity index (χ3n) is 8.48. The number of anilines is 1. The van der Waals surface area contributed by atoms with Crippen LogP contribution in [0.2, 0.25) is 0 Å². The van der Waals surface area contributed by atoms with Crippen molar-refractivity contribution in [2.75, 3.05) is 5.73 Å². The average molecular weight is 372 g/mol. The number of nitrogens with two attached hydrogens (primary N) is 1. The molecule has 0 radical (unpaired) electrons. The monoisotopic (exact) mass is 371 g/mol. The number of hydrogen-bond acceptors (Lipinski definition) is 1. The van der Waals surface area contributed by atoms with Crippen LogP contribution < -0.4 is 5.73 Å². The van der Waals surface area contributed by atoms with E-state index in [1.807, 2.05) is 6.07 Å². The molecule has 0 atom stereocenters. The van der Waals surface area contributed by atoms with Crippen LogP contribution in [0.4, 0.5) is 10.1 Å². The van der Waals surface area contributed by atoms with Crippen LogP contribution in [0.3, 0.4) is 0 Å². The van der Waals surface area contributed by atoms with Crippen LogP contribution in [0.5, 0.6) is 0 Å². The zero-order valence-electron chi connectivity index (χ0n) is 17.1. The Morgan fingerprint density at radius 1 is 0.704 bits per heavy atom. The molecule has 0 aromatic heterocycles. The van der Waals surface area contributed by atoms with E-state index in [1.165, 1.54) is 77.0 Å². The van der Waals surface area contributed by atoms with E-state index in [1.54, 1.807) is 12.1 Å². The molecule has 1 aromatic carbocycles. The molecule has 2 heteroatoms. The van der Waals surface area contributed by atoms with Gasteiger partial charge < -0.3 is 5.73 Å². The summed E-state index contributed by atoms with van der Waals surface area (Å²) < 4.78 is 13.8. The summed E-state index contributed by atoms with van der Waals surface area (Å²) in [6, 6.07) is 5.46. The number of rotatable bonds is 3. The van der Waals surface area contributed by atoms with Gasteiger partial charge in [0.2, 0.25) is 0 Å². The Morgan fingerprint density at radius 2 is 1.15 bits per heavy atom. The van der Waals surface area contributed by atoms with E-state index in [0.717, 1.165) is 35.2 Å². The lowest BCUT2D eigenvalue weighted by atomic mass is 9.65. The highest BCUT2D eigenvalue weighted by atomic mass is 19.1. The van der Waals surface area contributed by atoms with Gasteiger partial charge in [-0.2, -0.15) is 0 Å². The summed E-state index contributed by atoms with van der Waals surface area (Å²) in [5.41, 5.74) is 7.07. The van der Waals surface area contributed by atoms with Gasteiger partial charge in [-0.1, -0.05) is 25.8 Å². The topological polar surface area (TPSA) is 26.0 Å². The largest absolute Gasteiger partial charge is 0.396 e. The molecule has 0 unspecified atom stereocenters. The maximum Gasteiger partial charge on any atom is 0.146 e. The van der Waals surface area contributed by atoms with Crippen LogP contribution in [0.25, 0.3) is 0 Å². The van der Waals surface area contributed by atoms with E-state index < -0.39 is 0 Å². The lowest BCUT2D eigenvalue weighted by Gasteiger charge is -2.41. The van der Waals surface area contributed by atoms with Gasteiger partial charge in [0, 0.05) is 0 Å². The summed E-state index contributed by atoms with van der Waals surface area (Å²) in [6.07, 6.45) is 17.0. The van der Waals surface area contributed by atoms with Crippen molar-refractivity contribution in [3.63, 3.8) is 0 Å². The molecule has 4 rings (SSSR count). The molecular weight excluding hydrogens is 333 g/mol. The Kier molecular flexibility index (Phi) is 6.09. The highest BCUT2D eigenvalue weighted by Gasteiger charge is 2.34. The Bertz CT molecular complexity index is 603. The van der Waals surface area contributed by atoms with Gasteiger partial charge in [0.05, 0.1) is 5.69 Å². The maximum absolute atomic E-state index is 13.8. The van der Waals surface area contributed by atoms with E-state index >= 15 is 0 Å². The highest BCUT2D eigenvalue weighted by Crippen LogP contribution is 2.47. The van der Waals surface area contributed by atoms with Crippen LogP contribution in [-0.4, -0.2) is 0 Å². The maximum atomic E-state index is 13.8. The second kappa shape index (κ2) is 8.53. The van der Waals surface area contributed by atoms with Crippen molar-refractivity contribution in [3.05, 3.63) is 29.6 Å². The third-order valence-corrected chi connectivity index (χ3v) is 8.48. The molecule has 0 saturated heterocycles. The summed E-state index contributed by atoms with van der Waals surface area (Å²) >= 11 is 0. The first kappa shape index (κ1) is 19.3. The Morgan fingerprint density at radius 3 is 1.63 bits per heavy atom. The quantitative estimate of drug-likeness (QED) is 0.554. The van der Waals surface area contributed by atoms with E-state index in [-0.39, 0.29) is 11.5 Å². The fourth-order valence-electron chi connectivity index (χ4n) is 6.57. The number of halogens is 1. The van der Waals surface area contributed by atoms with Crippen molar-refractivity contribution in [2.24, 2.45) is 29.6 Å². The van der Waals surface area contributed by atoms with E-state index in [9.17, 15) is 4.39 Å². The van der Waals surface area contributed by atoms with Crippen molar-refractivity contribution in [1.82, 2.24) is 0 Å². The molecule has 0 heterocycles. The van der Waals surface area contributed by atoms with E-state index in [0.29, 0.717) is 5.92 Å². The van der Waals surface area contributed by atoms with Crippen LogP contribution in [0, 0.1) is 35.4 Å². The van der Waals surface area contributed by atoms with Crippen molar-refractivity contribution in [3.8, 4) is 0 Å². The zero-order valence-corrected chi connectivity index (χ0v) is 17.1. The van der Waals surface area contributed by atoms with Crippen LogP contribution >= 0.6 is 0 Å². The van der Waals surface area contributed by atoms with Gasteiger partial charge in [-0.3, -0.25) is 0 Å². The first-order valence-electron chi connectivity index (χ1n) is 11.6. The standard InChI is InChI=1S/C25H38FN/c1-17-2-4-18(5-3-17)19-6-8-20(9-7-19)21-10-12-22(13-11-21)23-14-15-25(27)24(26)16-23/h14-22H,2-13,27H2,1H3.